The van der Waals surface area contributed by atoms with Crippen molar-refractivity contribution in [3.63, 3.8) is 0 Å². The van der Waals surface area contributed by atoms with Gasteiger partial charge in [0.15, 0.2) is 0 Å². The molecule has 1 aromatic carbocycles. The molecule has 0 saturated carbocycles. The highest BCUT2D eigenvalue weighted by molar-refractivity contribution is 7.90. The molecule has 5 heteroatoms. The number of rotatable bonds is 2. The number of aryl methyl sites for hydroxylation is 1. The van der Waals surface area contributed by atoms with Crippen molar-refractivity contribution >= 4 is 15.9 Å². The van der Waals surface area contributed by atoms with Gasteiger partial charge < -0.3 is 0 Å². The van der Waals surface area contributed by atoms with Gasteiger partial charge >= 0.3 is 10.2 Å². The second-order valence-corrected chi connectivity index (χ2v) is 7.26. The number of nitrogens with zero attached hydrogens (tertiary/aromatic N) is 1. The van der Waals surface area contributed by atoms with E-state index in [0.29, 0.717) is 6.54 Å². The molecule has 0 amide bonds. The van der Waals surface area contributed by atoms with Crippen LogP contribution in [0.25, 0.3) is 0 Å². The molecule has 0 aromatic heterocycles. The smallest absolute Gasteiger partial charge is 0.258 e. The highest BCUT2D eigenvalue weighted by atomic mass is 32.2. The van der Waals surface area contributed by atoms with Crippen LogP contribution in [0.1, 0.15) is 32.8 Å². The summed E-state index contributed by atoms with van der Waals surface area (Å²) in [5.74, 6) is 0. The number of para-hydroxylation sites is 1. The van der Waals surface area contributed by atoms with Gasteiger partial charge in [0.05, 0.1) is 5.69 Å². The van der Waals surface area contributed by atoms with Crippen LogP contribution in [0.2, 0.25) is 0 Å². The largest absolute Gasteiger partial charge is 0.302 e. The number of fused-ring (bicyclic) bond motifs is 1. The van der Waals surface area contributed by atoms with Crippen LogP contribution < -0.4 is 9.03 Å². The summed E-state index contributed by atoms with van der Waals surface area (Å²) >= 11 is 0. The molecule has 0 radical (unpaired) electrons. The Balaban J connectivity index is 2.36. The average Bonchev–Trinajstić information content (AvgIpc) is 2.25. The van der Waals surface area contributed by atoms with E-state index >= 15 is 0 Å². The summed E-state index contributed by atoms with van der Waals surface area (Å²) in [6.45, 7) is 6.09. The molecule has 0 aliphatic carbocycles. The van der Waals surface area contributed by atoms with Crippen LogP contribution in [-0.4, -0.2) is 20.5 Å². The minimum atomic E-state index is -3.47. The molecule has 1 aliphatic heterocycles. The summed E-state index contributed by atoms with van der Waals surface area (Å²) in [6, 6.07) is 7.69. The second kappa shape index (κ2) is 4.55. The molecule has 1 aliphatic rings. The van der Waals surface area contributed by atoms with Crippen molar-refractivity contribution < 1.29 is 8.42 Å². The van der Waals surface area contributed by atoms with Gasteiger partial charge in [-0.1, -0.05) is 18.2 Å². The number of anilines is 1. The second-order valence-electron chi connectivity index (χ2n) is 5.66. The minimum Gasteiger partial charge on any atom is -0.258 e. The summed E-state index contributed by atoms with van der Waals surface area (Å²) in [5, 5.41) is 0. The van der Waals surface area contributed by atoms with E-state index in [0.717, 1.165) is 24.1 Å². The zero-order valence-electron chi connectivity index (χ0n) is 11.1. The van der Waals surface area contributed by atoms with Crippen molar-refractivity contribution in [1.82, 2.24) is 4.72 Å². The van der Waals surface area contributed by atoms with Crippen LogP contribution in [-0.2, 0) is 16.6 Å². The van der Waals surface area contributed by atoms with E-state index in [1.807, 2.05) is 45.0 Å². The van der Waals surface area contributed by atoms with Gasteiger partial charge in [0.2, 0.25) is 0 Å². The van der Waals surface area contributed by atoms with Crippen LogP contribution >= 0.6 is 0 Å². The SMILES string of the molecule is CC(C)(C)NS(=O)(=O)N1CCCc2ccccc21. The van der Waals surface area contributed by atoms with E-state index in [-0.39, 0.29) is 0 Å². The van der Waals surface area contributed by atoms with Crippen molar-refractivity contribution in [2.24, 2.45) is 0 Å². The molecule has 1 heterocycles. The van der Waals surface area contributed by atoms with Crippen molar-refractivity contribution in [3.05, 3.63) is 29.8 Å². The molecule has 4 nitrogen and oxygen atoms in total. The molecule has 1 N–H and O–H groups in total. The molecule has 0 bridgehead atoms. The van der Waals surface area contributed by atoms with Gasteiger partial charge in [-0.3, -0.25) is 4.31 Å². The fourth-order valence-electron chi connectivity index (χ4n) is 2.19. The summed E-state index contributed by atoms with van der Waals surface area (Å²) in [6.07, 6.45) is 1.81. The van der Waals surface area contributed by atoms with Gasteiger partial charge in [-0.05, 0) is 45.2 Å². The lowest BCUT2D eigenvalue weighted by Gasteiger charge is -2.33. The normalized spacial score (nSPS) is 16.5. The van der Waals surface area contributed by atoms with Gasteiger partial charge in [0, 0.05) is 12.1 Å². The quantitative estimate of drug-likeness (QED) is 0.892. The average molecular weight is 268 g/mol. The maximum absolute atomic E-state index is 12.4. The first-order valence-electron chi connectivity index (χ1n) is 6.19. The number of hydrogen-bond donors (Lipinski definition) is 1. The van der Waals surface area contributed by atoms with Crippen LogP contribution in [0.5, 0.6) is 0 Å². The van der Waals surface area contributed by atoms with E-state index in [9.17, 15) is 8.42 Å². The number of nitrogens with one attached hydrogen (secondary N) is 1. The highest BCUT2D eigenvalue weighted by Gasteiger charge is 2.30. The third-order valence-electron chi connectivity index (χ3n) is 2.79. The van der Waals surface area contributed by atoms with Gasteiger partial charge in [0.25, 0.3) is 0 Å². The first-order valence-corrected chi connectivity index (χ1v) is 7.63. The minimum absolute atomic E-state index is 0.467. The lowest BCUT2D eigenvalue weighted by molar-refractivity contribution is 0.487. The van der Waals surface area contributed by atoms with Crippen molar-refractivity contribution in [3.8, 4) is 0 Å². The van der Waals surface area contributed by atoms with E-state index < -0.39 is 15.7 Å². The van der Waals surface area contributed by atoms with Crippen molar-refractivity contribution in [2.45, 2.75) is 39.2 Å². The van der Waals surface area contributed by atoms with Crippen molar-refractivity contribution in [1.29, 1.82) is 0 Å². The standard InChI is InChI=1S/C13H20N2O2S/c1-13(2,3)14-18(16,17)15-10-6-8-11-7-4-5-9-12(11)15/h4-5,7,9,14H,6,8,10H2,1-3H3. The zero-order chi connectivity index (χ0) is 13.4. The number of benzene rings is 1. The lowest BCUT2D eigenvalue weighted by atomic mass is 10.0. The van der Waals surface area contributed by atoms with Crippen LogP contribution in [0.4, 0.5) is 5.69 Å². The first kappa shape index (κ1) is 13.4. The first-order chi connectivity index (χ1) is 8.30. The third-order valence-corrected chi connectivity index (χ3v) is 4.62. The molecule has 0 unspecified atom stereocenters. The number of hydrogen-bond acceptors (Lipinski definition) is 2. The maximum Gasteiger partial charge on any atom is 0.302 e. The summed E-state index contributed by atoms with van der Waals surface area (Å²) in [4.78, 5) is 0. The monoisotopic (exact) mass is 268 g/mol. The van der Waals surface area contributed by atoms with Crippen LogP contribution in [0.3, 0.4) is 0 Å². The summed E-state index contributed by atoms with van der Waals surface area (Å²) in [7, 11) is -3.47. The molecular formula is C13H20N2O2S. The Kier molecular flexibility index (Phi) is 3.38. The van der Waals surface area contributed by atoms with E-state index in [4.69, 9.17) is 0 Å². The van der Waals surface area contributed by atoms with E-state index in [1.165, 1.54) is 4.31 Å². The van der Waals surface area contributed by atoms with Gasteiger partial charge in [-0.15, -0.1) is 0 Å². The fraction of sp³-hybridized carbons (Fsp3) is 0.538. The molecule has 0 atom stereocenters. The molecule has 0 spiro atoms. The van der Waals surface area contributed by atoms with Gasteiger partial charge in [-0.2, -0.15) is 13.1 Å². The highest BCUT2D eigenvalue weighted by Crippen LogP contribution is 2.28. The molecular weight excluding hydrogens is 248 g/mol. The Morgan fingerprint density at radius 3 is 2.56 bits per heavy atom. The predicted octanol–water partition coefficient (Wildman–Crippen LogP) is 2.07. The summed E-state index contributed by atoms with van der Waals surface area (Å²) in [5.41, 5.74) is 1.44. The molecule has 1 aromatic rings. The van der Waals surface area contributed by atoms with Crippen molar-refractivity contribution in [2.75, 3.05) is 10.8 Å². The lowest BCUT2D eigenvalue weighted by Crippen LogP contribution is -2.50. The molecule has 2 rings (SSSR count). The van der Waals surface area contributed by atoms with Gasteiger partial charge in [-0.25, -0.2) is 0 Å². The van der Waals surface area contributed by atoms with E-state index in [2.05, 4.69) is 4.72 Å². The fourth-order valence-corrected chi connectivity index (χ4v) is 3.88. The zero-order valence-corrected chi connectivity index (χ0v) is 11.9. The topological polar surface area (TPSA) is 49.4 Å². The van der Waals surface area contributed by atoms with E-state index in [1.54, 1.807) is 0 Å². The summed E-state index contributed by atoms with van der Waals surface area (Å²) < 4.78 is 28.9. The Labute approximate surface area is 109 Å². The third kappa shape index (κ3) is 2.84. The molecule has 0 saturated heterocycles. The Morgan fingerprint density at radius 2 is 1.89 bits per heavy atom. The van der Waals surface area contributed by atoms with Crippen LogP contribution in [0, 0.1) is 0 Å². The Hall–Kier alpha value is -1.07. The molecule has 0 fully saturated rings. The Bertz CT molecular complexity index is 532. The molecule has 18 heavy (non-hydrogen) atoms. The molecule has 100 valence electrons. The predicted molar refractivity (Wildman–Crippen MR) is 73.9 cm³/mol. The van der Waals surface area contributed by atoms with Gasteiger partial charge in [0.1, 0.15) is 0 Å². The maximum atomic E-state index is 12.4. The van der Waals surface area contributed by atoms with Crippen LogP contribution in [0.15, 0.2) is 24.3 Å². The Morgan fingerprint density at radius 1 is 1.22 bits per heavy atom.